The SMILES string of the molecule is CCOC1=CC2=CC[C@H]3[C@@H]4CCC[C@@]4(C)CC[C@@H]3[C@@]2(C)CC1. The summed E-state index contributed by atoms with van der Waals surface area (Å²) < 4.78 is 5.82. The molecule has 22 heavy (non-hydrogen) atoms. The second-order valence-electron chi connectivity index (χ2n) is 8.82. The smallest absolute Gasteiger partial charge is 0.0962 e. The fourth-order valence-corrected chi connectivity index (χ4v) is 6.59. The van der Waals surface area contributed by atoms with E-state index >= 15 is 0 Å². The number of fused-ring (bicyclic) bond motifs is 5. The van der Waals surface area contributed by atoms with E-state index < -0.39 is 0 Å². The molecule has 1 heteroatoms. The molecular weight excluding hydrogens is 268 g/mol. The first-order chi connectivity index (χ1) is 10.6. The van der Waals surface area contributed by atoms with Gasteiger partial charge in [0.05, 0.1) is 12.4 Å². The van der Waals surface area contributed by atoms with Crippen LogP contribution in [-0.2, 0) is 4.74 Å². The van der Waals surface area contributed by atoms with Gasteiger partial charge in [0.15, 0.2) is 0 Å². The Morgan fingerprint density at radius 2 is 2.00 bits per heavy atom. The van der Waals surface area contributed by atoms with Crippen LogP contribution in [0, 0.1) is 28.6 Å². The third-order valence-electron chi connectivity index (χ3n) is 7.84. The molecule has 0 saturated heterocycles. The van der Waals surface area contributed by atoms with Crippen LogP contribution < -0.4 is 0 Å². The van der Waals surface area contributed by atoms with Gasteiger partial charge < -0.3 is 4.74 Å². The summed E-state index contributed by atoms with van der Waals surface area (Å²) in [5.74, 6) is 4.10. The fraction of sp³-hybridized carbons (Fsp3) is 0.810. The van der Waals surface area contributed by atoms with E-state index in [1.54, 1.807) is 5.57 Å². The lowest BCUT2D eigenvalue weighted by molar-refractivity contribution is -0.0205. The van der Waals surface area contributed by atoms with Crippen molar-refractivity contribution in [3.8, 4) is 0 Å². The van der Waals surface area contributed by atoms with Crippen molar-refractivity contribution in [1.82, 2.24) is 0 Å². The van der Waals surface area contributed by atoms with Crippen LogP contribution in [0.15, 0.2) is 23.5 Å². The lowest BCUT2D eigenvalue weighted by Gasteiger charge is -2.56. The summed E-state index contributed by atoms with van der Waals surface area (Å²) in [7, 11) is 0. The molecule has 1 nitrogen and oxygen atoms in total. The Morgan fingerprint density at radius 3 is 2.82 bits per heavy atom. The Morgan fingerprint density at radius 1 is 1.14 bits per heavy atom. The molecule has 0 spiro atoms. The summed E-state index contributed by atoms with van der Waals surface area (Å²) in [5.41, 5.74) is 2.70. The Balaban J connectivity index is 1.66. The average molecular weight is 300 g/mol. The zero-order valence-corrected chi connectivity index (χ0v) is 14.7. The Kier molecular flexibility index (Phi) is 3.47. The highest BCUT2D eigenvalue weighted by Crippen LogP contribution is 2.64. The molecule has 4 aliphatic rings. The molecule has 122 valence electrons. The first-order valence-electron chi connectivity index (χ1n) is 9.61. The molecule has 5 atom stereocenters. The van der Waals surface area contributed by atoms with Crippen molar-refractivity contribution < 1.29 is 4.74 Å². The zero-order valence-electron chi connectivity index (χ0n) is 14.7. The van der Waals surface area contributed by atoms with Crippen LogP contribution in [0.3, 0.4) is 0 Å². The van der Waals surface area contributed by atoms with Crippen molar-refractivity contribution in [2.45, 2.75) is 72.1 Å². The molecule has 2 saturated carbocycles. The van der Waals surface area contributed by atoms with Gasteiger partial charge >= 0.3 is 0 Å². The molecule has 0 amide bonds. The fourth-order valence-electron chi connectivity index (χ4n) is 6.59. The minimum absolute atomic E-state index is 0.424. The number of hydrogen-bond acceptors (Lipinski definition) is 1. The summed E-state index contributed by atoms with van der Waals surface area (Å²) in [6, 6.07) is 0. The zero-order chi connectivity index (χ0) is 15.4. The molecule has 0 aliphatic heterocycles. The van der Waals surface area contributed by atoms with Crippen molar-refractivity contribution in [3.05, 3.63) is 23.5 Å². The van der Waals surface area contributed by atoms with Gasteiger partial charge in [0.2, 0.25) is 0 Å². The minimum atomic E-state index is 0.424. The van der Waals surface area contributed by atoms with Gasteiger partial charge in [-0.25, -0.2) is 0 Å². The number of rotatable bonds is 2. The number of allylic oxidation sites excluding steroid dienone is 4. The number of hydrogen-bond donors (Lipinski definition) is 0. The highest BCUT2D eigenvalue weighted by molar-refractivity contribution is 5.35. The summed E-state index contributed by atoms with van der Waals surface area (Å²) in [5, 5.41) is 0. The van der Waals surface area contributed by atoms with Crippen LogP contribution >= 0.6 is 0 Å². The van der Waals surface area contributed by atoms with Crippen molar-refractivity contribution in [3.63, 3.8) is 0 Å². The van der Waals surface area contributed by atoms with E-state index in [1.807, 2.05) is 0 Å². The van der Waals surface area contributed by atoms with Gasteiger partial charge in [0.1, 0.15) is 0 Å². The van der Waals surface area contributed by atoms with Crippen LogP contribution in [0.1, 0.15) is 72.1 Å². The number of ether oxygens (including phenoxy) is 1. The van der Waals surface area contributed by atoms with Gasteiger partial charge in [0.25, 0.3) is 0 Å². The van der Waals surface area contributed by atoms with Crippen molar-refractivity contribution in [2.75, 3.05) is 6.61 Å². The quantitative estimate of drug-likeness (QED) is 0.619. The van der Waals surface area contributed by atoms with Gasteiger partial charge in [-0.2, -0.15) is 0 Å². The summed E-state index contributed by atoms with van der Waals surface area (Å²) in [4.78, 5) is 0. The molecule has 0 bridgehead atoms. The summed E-state index contributed by atoms with van der Waals surface area (Å²) in [6.45, 7) is 8.06. The molecule has 0 aromatic carbocycles. The summed E-state index contributed by atoms with van der Waals surface area (Å²) in [6.07, 6.45) is 16.2. The van der Waals surface area contributed by atoms with Gasteiger partial charge in [0, 0.05) is 6.42 Å². The Hall–Kier alpha value is -0.720. The van der Waals surface area contributed by atoms with E-state index in [0.29, 0.717) is 10.8 Å². The van der Waals surface area contributed by atoms with Crippen molar-refractivity contribution in [2.24, 2.45) is 28.6 Å². The van der Waals surface area contributed by atoms with Crippen LogP contribution in [0.2, 0.25) is 0 Å². The lowest BCUT2D eigenvalue weighted by atomic mass is 9.49. The maximum atomic E-state index is 5.82. The van der Waals surface area contributed by atoms with Crippen molar-refractivity contribution in [1.29, 1.82) is 0 Å². The highest BCUT2D eigenvalue weighted by Gasteiger charge is 2.55. The normalized spacial score (nSPS) is 47.0. The Labute approximate surface area is 136 Å². The molecule has 0 aromatic rings. The molecular formula is C21H32O. The van der Waals surface area contributed by atoms with E-state index in [-0.39, 0.29) is 0 Å². The molecule has 4 aliphatic carbocycles. The first-order valence-corrected chi connectivity index (χ1v) is 9.61. The molecule has 0 heterocycles. The van der Waals surface area contributed by atoms with Crippen LogP contribution in [0.4, 0.5) is 0 Å². The van der Waals surface area contributed by atoms with E-state index in [9.17, 15) is 0 Å². The maximum Gasteiger partial charge on any atom is 0.0962 e. The first kappa shape index (κ1) is 14.8. The van der Waals surface area contributed by atoms with E-state index in [2.05, 4.69) is 32.9 Å². The lowest BCUT2D eigenvalue weighted by Crippen LogP contribution is -2.47. The Bertz CT molecular complexity index is 516. The predicted octanol–water partition coefficient (Wildman–Crippen LogP) is 5.87. The van der Waals surface area contributed by atoms with Gasteiger partial charge in [-0.15, -0.1) is 0 Å². The standard InChI is InChI=1S/C21H32O/c1-4-22-16-9-13-21(3)15(14-16)7-8-17-18-6-5-11-20(18,2)12-10-19(17)21/h7,14,17-19H,4-6,8-13H2,1-3H3/t17-,18-,19-,20-,21-/m0/s1. The third kappa shape index (κ3) is 2.03. The van der Waals surface area contributed by atoms with Crippen molar-refractivity contribution >= 4 is 0 Å². The molecule has 0 radical (unpaired) electrons. The van der Waals surface area contributed by atoms with E-state index in [4.69, 9.17) is 4.74 Å². The summed E-state index contributed by atoms with van der Waals surface area (Å²) >= 11 is 0. The highest BCUT2D eigenvalue weighted by atomic mass is 16.5. The average Bonchev–Trinajstić information content (AvgIpc) is 2.89. The maximum absolute atomic E-state index is 5.82. The van der Waals surface area contributed by atoms with Crippen LogP contribution in [0.25, 0.3) is 0 Å². The second kappa shape index (κ2) is 5.14. The molecule has 0 unspecified atom stereocenters. The van der Waals surface area contributed by atoms with Crippen LogP contribution in [-0.4, -0.2) is 6.61 Å². The monoisotopic (exact) mass is 300 g/mol. The largest absolute Gasteiger partial charge is 0.498 e. The van der Waals surface area contributed by atoms with Gasteiger partial charge in [-0.3, -0.25) is 0 Å². The molecule has 0 aromatic heterocycles. The minimum Gasteiger partial charge on any atom is -0.498 e. The predicted molar refractivity (Wildman–Crippen MR) is 91.4 cm³/mol. The third-order valence-corrected chi connectivity index (χ3v) is 7.84. The van der Waals surface area contributed by atoms with Crippen LogP contribution in [0.5, 0.6) is 0 Å². The molecule has 0 N–H and O–H groups in total. The molecule has 2 fully saturated rings. The van der Waals surface area contributed by atoms with E-state index in [1.165, 1.54) is 50.7 Å². The van der Waals surface area contributed by atoms with E-state index in [0.717, 1.165) is 30.8 Å². The van der Waals surface area contributed by atoms with Gasteiger partial charge in [-0.1, -0.05) is 26.3 Å². The van der Waals surface area contributed by atoms with Gasteiger partial charge in [-0.05, 0) is 85.7 Å². The molecule has 4 rings (SSSR count). The topological polar surface area (TPSA) is 9.23 Å². The second-order valence-corrected chi connectivity index (χ2v) is 8.82.